The van der Waals surface area contributed by atoms with Gasteiger partial charge in [0.1, 0.15) is 11.2 Å². The number of hydrogen-bond acceptors (Lipinski definition) is 8. The second-order valence-electron chi connectivity index (χ2n) is 9.14. The smallest absolute Gasteiger partial charge is 0.379 e. The Labute approximate surface area is 215 Å². The number of carbonyl (C=O) groups excluding carboxylic acids is 1. The van der Waals surface area contributed by atoms with Crippen LogP contribution in [0, 0.1) is 0 Å². The molecule has 1 amide bonds. The second-order valence-corrected chi connectivity index (χ2v) is 9.14. The van der Waals surface area contributed by atoms with E-state index in [0.717, 1.165) is 17.1 Å². The van der Waals surface area contributed by atoms with Crippen molar-refractivity contribution in [3.05, 3.63) is 40.3 Å². The predicted octanol–water partition coefficient (Wildman–Crippen LogP) is 2.23. The SMILES string of the molecule is O=C(CCOCCn1nc(C(F)(F)F)c2c(=O)[nH]ncc21)N1CC[C@@H]2[C@H]1CCN2c1cnc(C(F)(F)F)cn1. The van der Waals surface area contributed by atoms with Crippen LogP contribution >= 0.6 is 0 Å². The van der Waals surface area contributed by atoms with E-state index in [4.69, 9.17) is 4.74 Å². The van der Waals surface area contributed by atoms with Crippen molar-refractivity contribution >= 4 is 22.6 Å². The van der Waals surface area contributed by atoms with E-state index in [1.165, 1.54) is 0 Å². The van der Waals surface area contributed by atoms with E-state index in [2.05, 4.69) is 20.2 Å². The number of fused-ring (bicyclic) bond motifs is 2. The summed E-state index contributed by atoms with van der Waals surface area (Å²) in [6, 6.07) is -0.211. The minimum atomic E-state index is -4.83. The molecule has 0 saturated carbocycles. The highest BCUT2D eigenvalue weighted by Crippen LogP contribution is 2.35. The summed E-state index contributed by atoms with van der Waals surface area (Å²) in [5.74, 6) is 0.160. The highest BCUT2D eigenvalue weighted by atomic mass is 19.4. The number of hydrogen-bond donors (Lipinski definition) is 1. The Hall–Kier alpha value is -3.76. The third kappa shape index (κ3) is 5.26. The van der Waals surface area contributed by atoms with Gasteiger partial charge >= 0.3 is 12.4 Å². The van der Waals surface area contributed by atoms with Crippen molar-refractivity contribution in [2.45, 2.75) is 50.2 Å². The van der Waals surface area contributed by atoms with Crippen molar-refractivity contribution in [3.63, 3.8) is 0 Å². The van der Waals surface area contributed by atoms with Gasteiger partial charge in [0.25, 0.3) is 5.56 Å². The number of carbonyl (C=O) groups is 1. The van der Waals surface area contributed by atoms with Gasteiger partial charge in [-0.15, -0.1) is 0 Å². The van der Waals surface area contributed by atoms with E-state index < -0.39 is 34.7 Å². The molecule has 2 atom stereocenters. The van der Waals surface area contributed by atoms with Crippen molar-refractivity contribution in [2.24, 2.45) is 0 Å². The molecule has 0 aromatic carbocycles. The first kappa shape index (κ1) is 26.8. The molecule has 3 aromatic rings. The molecule has 5 heterocycles. The summed E-state index contributed by atoms with van der Waals surface area (Å²) >= 11 is 0. The van der Waals surface area contributed by atoms with Crippen LogP contribution in [0.1, 0.15) is 30.7 Å². The summed E-state index contributed by atoms with van der Waals surface area (Å²) in [4.78, 5) is 35.7. The van der Waals surface area contributed by atoms with Crippen molar-refractivity contribution in [2.75, 3.05) is 31.2 Å². The summed E-state index contributed by atoms with van der Waals surface area (Å²) in [7, 11) is 0. The van der Waals surface area contributed by atoms with Crippen LogP contribution in [-0.4, -0.2) is 79.1 Å². The molecule has 0 radical (unpaired) electrons. The lowest BCUT2D eigenvalue weighted by Gasteiger charge is -2.26. The molecule has 0 bridgehead atoms. The quantitative estimate of drug-likeness (QED) is 0.345. The average molecular weight is 560 g/mol. The van der Waals surface area contributed by atoms with Gasteiger partial charge in [-0.25, -0.2) is 15.1 Å². The lowest BCUT2D eigenvalue weighted by molar-refractivity contribution is -0.141. The van der Waals surface area contributed by atoms with Crippen LogP contribution in [-0.2, 0) is 28.4 Å². The standard InChI is InChI=1S/C22H22F6N8O3/c23-21(24,25)15-10-30-16(11-29-15)34-4-1-13-12(34)2-5-35(13)17(37)3-7-39-8-6-36-14-9-31-32-20(38)18(14)19(33-36)22(26,27)28/h9-13H,1-8H2,(H,32,38)/t12-,13-/m1/s1. The van der Waals surface area contributed by atoms with Crippen LogP contribution in [0.2, 0.25) is 0 Å². The summed E-state index contributed by atoms with van der Waals surface area (Å²) in [5.41, 5.74) is -3.47. The number of alkyl halides is 6. The van der Waals surface area contributed by atoms with Gasteiger partial charge in [-0.1, -0.05) is 0 Å². The first-order chi connectivity index (χ1) is 18.4. The van der Waals surface area contributed by atoms with Crippen LogP contribution in [0.5, 0.6) is 0 Å². The van der Waals surface area contributed by atoms with Gasteiger partial charge in [0.05, 0.1) is 62.4 Å². The molecule has 2 saturated heterocycles. The highest BCUT2D eigenvalue weighted by molar-refractivity contribution is 5.80. The Kier molecular flexibility index (Phi) is 6.94. The molecule has 1 N–H and O–H groups in total. The zero-order valence-corrected chi connectivity index (χ0v) is 20.2. The number of likely N-dealkylation sites (tertiary alicyclic amines) is 1. The first-order valence-electron chi connectivity index (χ1n) is 12.0. The average Bonchev–Trinajstić information content (AvgIpc) is 3.57. The maximum atomic E-state index is 13.3. The summed E-state index contributed by atoms with van der Waals surface area (Å²) < 4.78 is 84.7. The van der Waals surface area contributed by atoms with Gasteiger partial charge in [0.15, 0.2) is 11.4 Å². The minimum absolute atomic E-state index is 0.0188. The van der Waals surface area contributed by atoms with E-state index in [-0.39, 0.29) is 49.7 Å². The molecule has 2 fully saturated rings. The van der Waals surface area contributed by atoms with E-state index in [1.807, 2.05) is 10.00 Å². The number of aromatic amines is 1. The highest BCUT2D eigenvalue weighted by Gasteiger charge is 2.45. The molecule has 210 valence electrons. The molecule has 11 nitrogen and oxygen atoms in total. The summed E-state index contributed by atoms with van der Waals surface area (Å²) in [5, 5.41) is 8.40. The van der Waals surface area contributed by atoms with Crippen molar-refractivity contribution in [1.29, 1.82) is 0 Å². The van der Waals surface area contributed by atoms with E-state index in [9.17, 15) is 35.9 Å². The Morgan fingerprint density at radius 3 is 2.46 bits per heavy atom. The van der Waals surface area contributed by atoms with Crippen LogP contribution in [0.25, 0.3) is 10.9 Å². The fourth-order valence-corrected chi connectivity index (χ4v) is 5.16. The van der Waals surface area contributed by atoms with Crippen molar-refractivity contribution in [1.82, 2.24) is 34.8 Å². The topological polar surface area (TPSA) is 122 Å². The molecule has 0 unspecified atom stereocenters. The van der Waals surface area contributed by atoms with Gasteiger partial charge in [-0.05, 0) is 12.8 Å². The summed E-state index contributed by atoms with van der Waals surface area (Å²) in [6.07, 6.45) is -5.24. The molecular formula is C22H22F6N8O3. The lowest BCUT2D eigenvalue weighted by atomic mass is 10.1. The number of nitrogens with zero attached hydrogens (tertiary/aromatic N) is 7. The zero-order valence-electron chi connectivity index (χ0n) is 20.2. The number of ether oxygens (including phenoxy) is 1. The number of halogens is 6. The Balaban J connectivity index is 1.13. The molecule has 2 aliphatic rings. The number of nitrogens with one attached hydrogen (secondary N) is 1. The third-order valence-corrected chi connectivity index (χ3v) is 6.87. The minimum Gasteiger partial charge on any atom is -0.379 e. The summed E-state index contributed by atoms with van der Waals surface area (Å²) in [6.45, 7) is 0.861. The number of anilines is 1. The van der Waals surface area contributed by atoms with Gasteiger partial charge < -0.3 is 14.5 Å². The normalized spacial score (nSPS) is 19.7. The molecule has 0 spiro atoms. The van der Waals surface area contributed by atoms with Gasteiger partial charge in [0, 0.05) is 13.1 Å². The number of H-pyrrole nitrogens is 1. The Morgan fingerprint density at radius 2 is 1.77 bits per heavy atom. The molecule has 5 rings (SSSR count). The van der Waals surface area contributed by atoms with Crippen LogP contribution in [0.15, 0.2) is 23.4 Å². The molecule has 39 heavy (non-hydrogen) atoms. The third-order valence-electron chi connectivity index (χ3n) is 6.87. The van der Waals surface area contributed by atoms with Crippen molar-refractivity contribution < 1.29 is 35.9 Å². The van der Waals surface area contributed by atoms with Gasteiger partial charge in [-0.2, -0.15) is 36.5 Å². The maximum Gasteiger partial charge on any atom is 0.435 e. The van der Waals surface area contributed by atoms with Crippen LogP contribution in [0.4, 0.5) is 32.2 Å². The molecule has 0 aliphatic carbocycles. The van der Waals surface area contributed by atoms with E-state index in [0.29, 0.717) is 37.9 Å². The predicted molar refractivity (Wildman–Crippen MR) is 121 cm³/mol. The number of aromatic nitrogens is 6. The Bertz CT molecular complexity index is 1400. The lowest BCUT2D eigenvalue weighted by Crippen LogP contribution is -2.40. The molecule has 2 aliphatic heterocycles. The van der Waals surface area contributed by atoms with Gasteiger partial charge in [-0.3, -0.25) is 14.3 Å². The van der Waals surface area contributed by atoms with E-state index in [1.54, 1.807) is 4.90 Å². The fourth-order valence-electron chi connectivity index (χ4n) is 5.16. The molecular weight excluding hydrogens is 538 g/mol. The fraction of sp³-hybridized carbons (Fsp3) is 0.545. The molecule has 3 aromatic heterocycles. The first-order valence-corrected chi connectivity index (χ1v) is 12.0. The van der Waals surface area contributed by atoms with Crippen LogP contribution < -0.4 is 10.5 Å². The van der Waals surface area contributed by atoms with Gasteiger partial charge in [0.2, 0.25) is 5.91 Å². The van der Waals surface area contributed by atoms with Crippen LogP contribution in [0.3, 0.4) is 0 Å². The number of rotatable bonds is 7. The largest absolute Gasteiger partial charge is 0.435 e. The number of amides is 1. The zero-order chi connectivity index (χ0) is 27.9. The second kappa shape index (κ2) is 10.1. The molecule has 17 heteroatoms. The van der Waals surface area contributed by atoms with E-state index >= 15 is 0 Å². The Morgan fingerprint density at radius 1 is 1.00 bits per heavy atom. The monoisotopic (exact) mass is 560 g/mol. The maximum absolute atomic E-state index is 13.3. The van der Waals surface area contributed by atoms with Crippen molar-refractivity contribution in [3.8, 4) is 0 Å².